The summed E-state index contributed by atoms with van der Waals surface area (Å²) in [6.45, 7) is 7.36. The molecule has 17 heavy (non-hydrogen) atoms. The Morgan fingerprint density at radius 3 is 1.53 bits per heavy atom. The van der Waals surface area contributed by atoms with Crippen LogP contribution in [0.15, 0.2) is 0 Å². The van der Waals surface area contributed by atoms with Gasteiger partial charge in [-0.2, -0.15) is 0 Å². The quantitative estimate of drug-likeness (QED) is 0.824. The SMILES string of the molecule is CC(=O)CCc1[nH]c(CCC(C)=O)c(C)c1C. The normalized spacial score (nSPS) is 10.6. The molecule has 0 radical (unpaired) electrons. The standard InChI is InChI=1S/C14H21NO2/c1-9(16)5-7-13-11(3)12(4)14(15-13)8-6-10(2)17/h15H,5-8H2,1-4H3. The van der Waals surface area contributed by atoms with Crippen molar-refractivity contribution in [1.29, 1.82) is 0 Å². The Morgan fingerprint density at radius 1 is 0.882 bits per heavy atom. The first-order valence-electron chi connectivity index (χ1n) is 6.07. The fourth-order valence-electron chi connectivity index (χ4n) is 1.92. The van der Waals surface area contributed by atoms with Crippen molar-refractivity contribution in [3.05, 3.63) is 22.5 Å². The summed E-state index contributed by atoms with van der Waals surface area (Å²) in [5, 5.41) is 0. The van der Waals surface area contributed by atoms with Crippen molar-refractivity contribution in [2.75, 3.05) is 0 Å². The molecule has 0 aliphatic heterocycles. The smallest absolute Gasteiger partial charge is 0.130 e. The highest BCUT2D eigenvalue weighted by Gasteiger charge is 2.11. The van der Waals surface area contributed by atoms with Crippen LogP contribution in [-0.4, -0.2) is 16.6 Å². The zero-order valence-electron chi connectivity index (χ0n) is 11.1. The number of aryl methyl sites for hydroxylation is 2. The van der Waals surface area contributed by atoms with Gasteiger partial charge in [-0.3, -0.25) is 0 Å². The Bertz CT molecular complexity index is 391. The average Bonchev–Trinajstić information content (AvgIpc) is 2.51. The summed E-state index contributed by atoms with van der Waals surface area (Å²) in [4.78, 5) is 25.3. The second kappa shape index (κ2) is 5.80. The monoisotopic (exact) mass is 235 g/mol. The van der Waals surface area contributed by atoms with Gasteiger partial charge in [0.2, 0.25) is 0 Å². The maximum atomic E-state index is 11.0. The number of rotatable bonds is 6. The molecule has 0 bridgehead atoms. The van der Waals surface area contributed by atoms with Gasteiger partial charge in [0.1, 0.15) is 11.6 Å². The van der Waals surface area contributed by atoms with E-state index in [2.05, 4.69) is 18.8 Å². The molecule has 1 N–H and O–H groups in total. The van der Waals surface area contributed by atoms with Crippen LogP contribution in [0.25, 0.3) is 0 Å². The van der Waals surface area contributed by atoms with E-state index in [1.165, 1.54) is 11.1 Å². The number of H-pyrrole nitrogens is 1. The zero-order valence-corrected chi connectivity index (χ0v) is 11.1. The summed E-state index contributed by atoms with van der Waals surface area (Å²) in [5.74, 6) is 0.420. The van der Waals surface area contributed by atoms with Crippen LogP contribution in [0.3, 0.4) is 0 Å². The fraction of sp³-hybridized carbons (Fsp3) is 0.571. The Hall–Kier alpha value is -1.38. The van der Waals surface area contributed by atoms with Crippen LogP contribution in [0.1, 0.15) is 49.2 Å². The predicted octanol–water partition coefficient (Wildman–Crippen LogP) is 2.67. The highest BCUT2D eigenvalue weighted by Crippen LogP contribution is 2.20. The Kier molecular flexibility index (Phi) is 4.67. The molecule has 1 aromatic heterocycles. The minimum absolute atomic E-state index is 0.210. The lowest BCUT2D eigenvalue weighted by Crippen LogP contribution is -1.97. The van der Waals surface area contributed by atoms with Crippen LogP contribution in [0.4, 0.5) is 0 Å². The molecule has 0 atom stereocenters. The molecule has 0 fully saturated rings. The largest absolute Gasteiger partial charge is 0.362 e. The highest BCUT2D eigenvalue weighted by molar-refractivity contribution is 5.76. The molecule has 0 aliphatic carbocycles. The van der Waals surface area contributed by atoms with E-state index >= 15 is 0 Å². The molecule has 3 heteroatoms. The number of Topliss-reactive ketones (excluding diaryl/α,β-unsaturated/α-hetero) is 2. The van der Waals surface area contributed by atoms with Gasteiger partial charge in [0, 0.05) is 24.2 Å². The van der Waals surface area contributed by atoms with Crippen molar-refractivity contribution in [3.8, 4) is 0 Å². The zero-order chi connectivity index (χ0) is 13.0. The number of aromatic nitrogens is 1. The number of carbonyl (C=O) groups is 2. The van der Waals surface area contributed by atoms with Crippen molar-refractivity contribution in [3.63, 3.8) is 0 Å². The predicted molar refractivity (Wildman–Crippen MR) is 68.3 cm³/mol. The van der Waals surface area contributed by atoms with Gasteiger partial charge in [-0.25, -0.2) is 0 Å². The van der Waals surface area contributed by atoms with Crippen LogP contribution in [0, 0.1) is 13.8 Å². The third kappa shape index (κ3) is 3.84. The molecule has 0 aromatic carbocycles. The van der Waals surface area contributed by atoms with Crippen LogP contribution in [0.2, 0.25) is 0 Å². The number of nitrogens with one attached hydrogen (secondary N) is 1. The summed E-state index contributed by atoms with van der Waals surface area (Å²) in [6, 6.07) is 0. The molecule has 1 aromatic rings. The maximum Gasteiger partial charge on any atom is 0.130 e. The van der Waals surface area contributed by atoms with E-state index in [1.807, 2.05) is 0 Å². The van der Waals surface area contributed by atoms with E-state index in [0.717, 1.165) is 24.2 Å². The van der Waals surface area contributed by atoms with Crippen molar-refractivity contribution < 1.29 is 9.59 Å². The molecule has 0 spiro atoms. The van der Waals surface area contributed by atoms with Crippen LogP contribution in [-0.2, 0) is 22.4 Å². The highest BCUT2D eigenvalue weighted by atomic mass is 16.1. The summed E-state index contributed by atoms with van der Waals surface area (Å²) in [6.07, 6.45) is 2.68. The third-order valence-electron chi connectivity index (χ3n) is 3.22. The van der Waals surface area contributed by atoms with Gasteiger partial charge >= 0.3 is 0 Å². The molecule has 0 aliphatic rings. The van der Waals surface area contributed by atoms with Crippen LogP contribution in [0.5, 0.6) is 0 Å². The van der Waals surface area contributed by atoms with Crippen LogP contribution < -0.4 is 0 Å². The van der Waals surface area contributed by atoms with E-state index < -0.39 is 0 Å². The first kappa shape index (κ1) is 13.7. The second-order valence-electron chi connectivity index (χ2n) is 4.74. The van der Waals surface area contributed by atoms with Crippen LogP contribution >= 0.6 is 0 Å². The van der Waals surface area contributed by atoms with E-state index in [4.69, 9.17) is 0 Å². The lowest BCUT2D eigenvalue weighted by molar-refractivity contribution is -0.117. The van der Waals surface area contributed by atoms with E-state index in [0.29, 0.717) is 12.8 Å². The first-order chi connectivity index (χ1) is 7.91. The molecule has 0 saturated carbocycles. The minimum atomic E-state index is 0.210. The van der Waals surface area contributed by atoms with Crippen molar-refractivity contribution in [1.82, 2.24) is 4.98 Å². The summed E-state index contributed by atoms with van der Waals surface area (Å²) in [5.41, 5.74) is 4.72. The number of aromatic amines is 1. The molecular weight excluding hydrogens is 214 g/mol. The summed E-state index contributed by atoms with van der Waals surface area (Å²) in [7, 11) is 0. The molecule has 0 amide bonds. The summed E-state index contributed by atoms with van der Waals surface area (Å²) >= 11 is 0. The summed E-state index contributed by atoms with van der Waals surface area (Å²) < 4.78 is 0. The van der Waals surface area contributed by atoms with Gasteiger partial charge in [0.15, 0.2) is 0 Å². The van der Waals surface area contributed by atoms with Gasteiger partial charge in [-0.05, 0) is 51.7 Å². The Labute approximate surface area is 103 Å². The lowest BCUT2D eigenvalue weighted by atomic mass is 10.1. The lowest BCUT2D eigenvalue weighted by Gasteiger charge is -1.97. The van der Waals surface area contributed by atoms with E-state index in [-0.39, 0.29) is 11.6 Å². The maximum absolute atomic E-state index is 11.0. The second-order valence-corrected chi connectivity index (χ2v) is 4.74. The minimum Gasteiger partial charge on any atom is -0.362 e. The molecule has 0 saturated heterocycles. The molecule has 0 unspecified atom stereocenters. The van der Waals surface area contributed by atoms with Crippen molar-refractivity contribution in [2.24, 2.45) is 0 Å². The van der Waals surface area contributed by atoms with Gasteiger partial charge < -0.3 is 14.6 Å². The molecular formula is C14H21NO2. The number of carbonyl (C=O) groups excluding carboxylic acids is 2. The van der Waals surface area contributed by atoms with E-state index in [9.17, 15) is 9.59 Å². The number of hydrogen-bond acceptors (Lipinski definition) is 2. The molecule has 3 nitrogen and oxygen atoms in total. The fourth-order valence-corrected chi connectivity index (χ4v) is 1.92. The first-order valence-corrected chi connectivity index (χ1v) is 6.07. The number of hydrogen-bond donors (Lipinski definition) is 1. The molecule has 1 rings (SSSR count). The van der Waals surface area contributed by atoms with Gasteiger partial charge in [-0.1, -0.05) is 0 Å². The third-order valence-corrected chi connectivity index (χ3v) is 3.22. The number of ketones is 2. The van der Waals surface area contributed by atoms with Crippen molar-refractivity contribution in [2.45, 2.75) is 53.4 Å². The molecule has 1 heterocycles. The molecule has 94 valence electrons. The topological polar surface area (TPSA) is 49.9 Å². The Morgan fingerprint density at radius 2 is 1.24 bits per heavy atom. The van der Waals surface area contributed by atoms with Gasteiger partial charge in [-0.15, -0.1) is 0 Å². The van der Waals surface area contributed by atoms with Gasteiger partial charge in [0.25, 0.3) is 0 Å². The Balaban J connectivity index is 2.76. The van der Waals surface area contributed by atoms with Gasteiger partial charge in [0.05, 0.1) is 0 Å². The van der Waals surface area contributed by atoms with E-state index in [1.54, 1.807) is 13.8 Å². The van der Waals surface area contributed by atoms with Crippen molar-refractivity contribution >= 4 is 11.6 Å². The average molecular weight is 235 g/mol.